The summed E-state index contributed by atoms with van der Waals surface area (Å²) in [7, 11) is 1.45. The van der Waals surface area contributed by atoms with Crippen molar-refractivity contribution in [2.24, 2.45) is 5.10 Å². The lowest BCUT2D eigenvalue weighted by atomic mass is 10.1. The fourth-order valence-corrected chi connectivity index (χ4v) is 2.09. The molecule has 0 aliphatic carbocycles. The minimum atomic E-state index is -1.08. The predicted molar refractivity (Wildman–Crippen MR) is 95.4 cm³/mol. The van der Waals surface area contributed by atoms with Crippen LogP contribution in [0.1, 0.15) is 22.8 Å². The molecule has 26 heavy (non-hydrogen) atoms. The molecule has 0 spiro atoms. The molecule has 0 fully saturated rings. The van der Waals surface area contributed by atoms with Crippen molar-refractivity contribution in [2.75, 3.05) is 19.1 Å². The highest BCUT2D eigenvalue weighted by Crippen LogP contribution is 2.28. The summed E-state index contributed by atoms with van der Waals surface area (Å²) in [6.45, 7) is 1.30. The second-order valence-corrected chi connectivity index (χ2v) is 5.24. The highest BCUT2D eigenvalue weighted by molar-refractivity contribution is 5.99. The number of methoxy groups -OCH3 is 1. The van der Waals surface area contributed by atoms with E-state index in [0.29, 0.717) is 22.9 Å². The lowest BCUT2D eigenvalue weighted by Gasteiger charge is -2.11. The van der Waals surface area contributed by atoms with E-state index in [1.54, 1.807) is 37.3 Å². The van der Waals surface area contributed by atoms with Crippen LogP contribution in [0.5, 0.6) is 11.5 Å². The first-order valence-corrected chi connectivity index (χ1v) is 7.57. The van der Waals surface area contributed by atoms with Gasteiger partial charge in [0, 0.05) is 5.56 Å². The maximum Gasteiger partial charge on any atom is 0.341 e. The van der Waals surface area contributed by atoms with E-state index in [1.807, 2.05) is 0 Å². The molecular formula is C18H18N2O6. The van der Waals surface area contributed by atoms with Crippen LogP contribution < -0.4 is 14.9 Å². The SMILES string of the molecule is COc1cc(C(C)=NNc2cccc(C(=O)O)c2)ccc1OCC(=O)O. The van der Waals surface area contributed by atoms with Gasteiger partial charge in [-0.1, -0.05) is 6.07 Å². The van der Waals surface area contributed by atoms with Crippen LogP contribution in [0.2, 0.25) is 0 Å². The van der Waals surface area contributed by atoms with Crippen molar-refractivity contribution in [1.82, 2.24) is 0 Å². The topological polar surface area (TPSA) is 117 Å². The predicted octanol–water partition coefficient (Wildman–Crippen LogP) is 2.69. The van der Waals surface area contributed by atoms with Crippen molar-refractivity contribution < 1.29 is 29.3 Å². The van der Waals surface area contributed by atoms with Gasteiger partial charge in [-0.05, 0) is 43.3 Å². The third-order valence-electron chi connectivity index (χ3n) is 3.39. The smallest absolute Gasteiger partial charge is 0.341 e. The van der Waals surface area contributed by atoms with Crippen LogP contribution in [-0.2, 0) is 4.79 Å². The fraction of sp³-hybridized carbons (Fsp3) is 0.167. The maximum absolute atomic E-state index is 11.0. The number of carbonyl (C=O) groups is 2. The number of anilines is 1. The van der Waals surface area contributed by atoms with Crippen LogP contribution >= 0.6 is 0 Å². The average molecular weight is 358 g/mol. The quantitative estimate of drug-likeness (QED) is 0.490. The van der Waals surface area contributed by atoms with E-state index in [4.69, 9.17) is 19.7 Å². The highest BCUT2D eigenvalue weighted by Gasteiger charge is 2.09. The number of carboxylic acids is 2. The summed E-state index contributed by atoms with van der Waals surface area (Å²) in [4.78, 5) is 21.6. The summed E-state index contributed by atoms with van der Waals surface area (Å²) in [5, 5.41) is 21.9. The van der Waals surface area contributed by atoms with E-state index in [1.165, 1.54) is 19.2 Å². The summed E-state index contributed by atoms with van der Waals surface area (Å²) < 4.78 is 10.4. The third-order valence-corrected chi connectivity index (χ3v) is 3.39. The Labute approximate surface area is 149 Å². The Balaban J connectivity index is 2.16. The molecule has 8 nitrogen and oxygen atoms in total. The monoisotopic (exact) mass is 358 g/mol. The molecular weight excluding hydrogens is 340 g/mol. The Bertz CT molecular complexity index is 847. The number of hydrogen-bond acceptors (Lipinski definition) is 6. The van der Waals surface area contributed by atoms with Crippen LogP contribution in [0.3, 0.4) is 0 Å². The fourth-order valence-electron chi connectivity index (χ4n) is 2.09. The second kappa shape index (κ2) is 8.52. The van der Waals surface area contributed by atoms with Crippen molar-refractivity contribution in [2.45, 2.75) is 6.92 Å². The van der Waals surface area contributed by atoms with Gasteiger partial charge in [-0.2, -0.15) is 5.10 Å². The molecule has 2 aromatic rings. The molecule has 0 aromatic heterocycles. The molecule has 0 saturated heterocycles. The molecule has 2 aromatic carbocycles. The number of hydrogen-bond donors (Lipinski definition) is 3. The molecule has 0 aliphatic rings. The molecule has 0 atom stereocenters. The number of aliphatic carboxylic acids is 1. The summed E-state index contributed by atoms with van der Waals surface area (Å²) in [5.41, 5.74) is 4.85. The van der Waals surface area contributed by atoms with E-state index in [2.05, 4.69) is 10.5 Å². The summed E-state index contributed by atoms with van der Waals surface area (Å²) in [6, 6.07) is 11.3. The van der Waals surface area contributed by atoms with Crippen molar-refractivity contribution in [3.63, 3.8) is 0 Å². The van der Waals surface area contributed by atoms with E-state index in [9.17, 15) is 9.59 Å². The number of ether oxygens (including phenoxy) is 2. The molecule has 0 saturated carbocycles. The maximum atomic E-state index is 11.0. The largest absolute Gasteiger partial charge is 0.493 e. The number of nitrogens with zero attached hydrogens (tertiary/aromatic N) is 1. The summed E-state index contributed by atoms with van der Waals surface area (Å²) >= 11 is 0. The zero-order valence-corrected chi connectivity index (χ0v) is 14.2. The number of hydrazone groups is 1. The second-order valence-electron chi connectivity index (χ2n) is 5.24. The van der Waals surface area contributed by atoms with Gasteiger partial charge in [-0.3, -0.25) is 5.43 Å². The molecule has 0 radical (unpaired) electrons. The summed E-state index contributed by atoms with van der Waals surface area (Å²) in [5.74, 6) is -1.41. The first-order chi connectivity index (χ1) is 12.4. The first kappa shape index (κ1) is 18.8. The third kappa shape index (κ3) is 4.97. The van der Waals surface area contributed by atoms with Gasteiger partial charge in [-0.15, -0.1) is 0 Å². The average Bonchev–Trinajstić information content (AvgIpc) is 2.64. The lowest BCUT2D eigenvalue weighted by Crippen LogP contribution is -2.10. The van der Waals surface area contributed by atoms with Crippen molar-refractivity contribution in [3.8, 4) is 11.5 Å². The molecule has 136 valence electrons. The van der Waals surface area contributed by atoms with Gasteiger partial charge >= 0.3 is 11.9 Å². The molecule has 3 N–H and O–H groups in total. The van der Waals surface area contributed by atoms with Gasteiger partial charge in [0.15, 0.2) is 18.1 Å². The van der Waals surface area contributed by atoms with E-state index < -0.39 is 18.5 Å². The van der Waals surface area contributed by atoms with Crippen molar-refractivity contribution in [3.05, 3.63) is 53.6 Å². The molecule has 0 heterocycles. The Morgan fingerprint density at radius 2 is 1.85 bits per heavy atom. The zero-order chi connectivity index (χ0) is 19.1. The normalized spacial score (nSPS) is 10.9. The van der Waals surface area contributed by atoms with Gasteiger partial charge in [0.25, 0.3) is 0 Å². The van der Waals surface area contributed by atoms with Crippen LogP contribution in [-0.4, -0.2) is 41.6 Å². The van der Waals surface area contributed by atoms with Gasteiger partial charge in [0.1, 0.15) is 0 Å². The standard InChI is InChI=1S/C18H18N2O6/c1-11(19-20-14-5-3-4-13(8-14)18(23)24)12-6-7-15(16(9-12)25-2)26-10-17(21)22/h3-9,20H,10H2,1-2H3,(H,21,22)(H,23,24). The Hall–Kier alpha value is -3.55. The van der Waals surface area contributed by atoms with E-state index in [0.717, 1.165) is 5.56 Å². The Morgan fingerprint density at radius 1 is 1.08 bits per heavy atom. The Morgan fingerprint density at radius 3 is 2.50 bits per heavy atom. The molecule has 8 heteroatoms. The van der Waals surface area contributed by atoms with Crippen LogP contribution in [0.25, 0.3) is 0 Å². The van der Waals surface area contributed by atoms with Crippen molar-refractivity contribution in [1.29, 1.82) is 0 Å². The molecule has 2 rings (SSSR count). The number of carboxylic acid groups (broad SMARTS) is 2. The van der Waals surface area contributed by atoms with Crippen LogP contribution in [0.4, 0.5) is 5.69 Å². The molecule has 0 amide bonds. The molecule has 0 unspecified atom stereocenters. The molecule has 0 aliphatic heterocycles. The van der Waals surface area contributed by atoms with Crippen LogP contribution in [0, 0.1) is 0 Å². The minimum absolute atomic E-state index is 0.157. The summed E-state index contributed by atoms with van der Waals surface area (Å²) in [6.07, 6.45) is 0. The van der Waals surface area contributed by atoms with E-state index in [-0.39, 0.29) is 5.56 Å². The van der Waals surface area contributed by atoms with E-state index >= 15 is 0 Å². The van der Waals surface area contributed by atoms with Gasteiger partial charge < -0.3 is 19.7 Å². The van der Waals surface area contributed by atoms with Gasteiger partial charge in [0.05, 0.1) is 24.1 Å². The zero-order valence-electron chi connectivity index (χ0n) is 14.2. The number of benzene rings is 2. The first-order valence-electron chi connectivity index (χ1n) is 7.57. The van der Waals surface area contributed by atoms with Gasteiger partial charge in [0.2, 0.25) is 0 Å². The van der Waals surface area contributed by atoms with Crippen molar-refractivity contribution >= 4 is 23.3 Å². The van der Waals surface area contributed by atoms with Gasteiger partial charge in [-0.25, -0.2) is 9.59 Å². The minimum Gasteiger partial charge on any atom is -0.493 e. The molecule has 0 bridgehead atoms. The van der Waals surface area contributed by atoms with Crippen LogP contribution in [0.15, 0.2) is 47.6 Å². The lowest BCUT2D eigenvalue weighted by molar-refractivity contribution is -0.139. The number of rotatable bonds is 8. The number of aromatic carboxylic acids is 1. The number of nitrogens with one attached hydrogen (secondary N) is 1. The highest BCUT2D eigenvalue weighted by atomic mass is 16.5. The Kier molecular flexibility index (Phi) is 6.15.